The van der Waals surface area contributed by atoms with Gasteiger partial charge >= 0.3 is 0 Å². The van der Waals surface area contributed by atoms with Crippen molar-refractivity contribution in [2.24, 2.45) is 0 Å². The maximum atomic E-state index is 13.2. The second-order valence-electron chi connectivity index (χ2n) is 4.92. The van der Waals surface area contributed by atoms with Crippen LogP contribution in [0.1, 0.15) is 19.3 Å². The second kappa shape index (κ2) is 5.98. The van der Waals surface area contributed by atoms with Crippen LogP contribution in [0, 0.1) is 5.82 Å². The zero-order valence-electron chi connectivity index (χ0n) is 11.7. The molecule has 2 rings (SSSR count). The molecule has 3 N–H and O–H groups in total. The molecule has 1 amide bonds. The number of hydrogen-bond acceptors (Lipinski definition) is 4. The Kier molecular flexibility index (Phi) is 4.48. The summed E-state index contributed by atoms with van der Waals surface area (Å²) in [6, 6.07) is 2.53. The van der Waals surface area contributed by atoms with E-state index in [1.165, 1.54) is 11.4 Å². The maximum Gasteiger partial charge on any atom is 0.243 e. The highest BCUT2D eigenvalue weighted by Gasteiger charge is 2.37. The van der Waals surface area contributed by atoms with Crippen LogP contribution in [0.15, 0.2) is 23.1 Å². The van der Waals surface area contributed by atoms with Crippen molar-refractivity contribution in [3.8, 4) is 0 Å². The summed E-state index contributed by atoms with van der Waals surface area (Å²) in [7, 11) is -2.41. The number of carbonyl (C=O) groups excluding carboxylic acids is 1. The molecule has 0 aromatic heterocycles. The van der Waals surface area contributed by atoms with Crippen LogP contribution >= 0.6 is 0 Å². The van der Waals surface area contributed by atoms with Crippen molar-refractivity contribution >= 4 is 21.6 Å². The molecule has 1 unspecified atom stereocenters. The molecule has 1 aromatic carbocycles. The van der Waals surface area contributed by atoms with E-state index in [-0.39, 0.29) is 23.0 Å². The van der Waals surface area contributed by atoms with Crippen LogP contribution in [-0.2, 0) is 14.8 Å². The maximum absolute atomic E-state index is 13.2. The van der Waals surface area contributed by atoms with E-state index < -0.39 is 21.9 Å². The van der Waals surface area contributed by atoms with Crippen molar-refractivity contribution in [2.75, 3.05) is 19.3 Å². The summed E-state index contributed by atoms with van der Waals surface area (Å²) in [5.74, 6) is -1.01. The van der Waals surface area contributed by atoms with Crippen molar-refractivity contribution < 1.29 is 17.6 Å². The lowest BCUT2D eigenvalue weighted by atomic mass is 10.0. The Morgan fingerprint density at radius 1 is 1.43 bits per heavy atom. The van der Waals surface area contributed by atoms with Crippen LogP contribution in [0.5, 0.6) is 0 Å². The Balaban J connectivity index is 2.40. The third kappa shape index (κ3) is 3.01. The first-order valence-corrected chi connectivity index (χ1v) is 8.10. The summed E-state index contributed by atoms with van der Waals surface area (Å²) in [5.41, 5.74) is 5.20. The standard InChI is InChI=1S/C13H18FN3O3S/c1-16-13(18)12-4-2-3-7-17(12)21(19,20)9-5-6-10(14)11(15)8-9/h5-6,8,12H,2-4,7,15H2,1H3,(H,16,18). The minimum absolute atomic E-state index is 0.0998. The molecule has 1 atom stereocenters. The third-order valence-electron chi connectivity index (χ3n) is 3.58. The quantitative estimate of drug-likeness (QED) is 0.803. The van der Waals surface area contributed by atoms with Crippen LogP contribution in [0.25, 0.3) is 0 Å². The van der Waals surface area contributed by atoms with Gasteiger partial charge in [0.2, 0.25) is 15.9 Å². The fraction of sp³-hybridized carbons (Fsp3) is 0.462. The Bertz CT molecular complexity index is 648. The molecule has 1 aromatic rings. The fourth-order valence-corrected chi connectivity index (χ4v) is 4.13. The highest BCUT2D eigenvalue weighted by atomic mass is 32.2. The molecule has 0 radical (unpaired) electrons. The zero-order chi connectivity index (χ0) is 15.6. The van der Waals surface area contributed by atoms with Crippen LogP contribution in [-0.4, -0.2) is 38.3 Å². The number of benzene rings is 1. The van der Waals surface area contributed by atoms with Crippen LogP contribution in [0.4, 0.5) is 10.1 Å². The number of nitrogens with two attached hydrogens (primary N) is 1. The van der Waals surface area contributed by atoms with E-state index in [0.717, 1.165) is 24.6 Å². The molecule has 1 saturated heterocycles. The van der Waals surface area contributed by atoms with Gasteiger partial charge in [-0.05, 0) is 31.0 Å². The number of piperidine rings is 1. The lowest BCUT2D eigenvalue weighted by Crippen LogP contribution is -2.51. The van der Waals surface area contributed by atoms with E-state index in [4.69, 9.17) is 5.73 Å². The van der Waals surface area contributed by atoms with Crippen LogP contribution < -0.4 is 11.1 Å². The van der Waals surface area contributed by atoms with Crippen molar-refractivity contribution in [1.82, 2.24) is 9.62 Å². The van der Waals surface area contributed by atoms with Crippen LogP contribution in [0.2, 0.25) is 0 Å². The number of rotatable bonds is 3. The Morgan fingerprint density at radius 2 is 2.14 bits per heavy atom. The minimum Gasteiger partial charge on any atom is -0.396 e. The van der Waals surface area contributed by atoms with Gasteiger partial charge in [0.05, 0.1) is 10.6 Å². The van der Waals surface area contributed by atoms with E-state index in [1.54, 1.807) is 0 Å². The average molecular weight is 315 g/mol. The summed E-state index contributed by atoms with van der Waals surface area (Å²) in [5, 5.41) is 2.48. The van der Waals surface area contributed by atoms with Crippen molar-refractivity contribution in [2.45, 2.75) is 30.2 Å². The van der Waals surface area contributed by atoms with Gasteiger partial charge in [0, 0.05) is 13.6 Å². The van der Waals surface area contributed by atoms with Crippen molar-refractivity contribution in [3.05, 3.63) is 24.0 Å². The topological polar surface area (TPSA) is 92.5 Å². The fourth-order valence-electron chi connectivity index (χ4n) is 2.44. The highest BCUT2D eigenvalue weighted by Crippen LogP contribution is 2.27. The number of anilines is 1. The number of nitrogen functional groups attached to an aromatic ring is 1. The monoisotopic (exact) mass is 315 g/mol. The molecule has 1 aliphatic rings. The Hall–Kier alpha value is -1.67. The normalized spacial score (nSPS) is 20.2. The number of nitrogens with one attached hydrogen (secondary N) is 1. The molecule has 1 aliphatic heterocycles. The van der Waals surface area contributed by atoms with Gasteiger partial charge in [0.15, 0.2) is 0 Å². The predicted octanol–water partition coefficient (Wildman–Crippen LogP) is 0.697. The summed E-state index contributed by atoms with van der Waals surface area (Å²) in [4.78, 5) is 11.8. The SMILES string of the molecule is CNC(=O)C1CCCCN1S(=O)(=O)c1ccc(F)c(N)c1. The predicted molar refractivity (Wildman–Crippen MR) is 76.4 cm³/mol. The summed E-state index contributed by atoms with van der Waals surface area (Å²) >= 11 is 0. The van der Waals surface area contributed by atoms with Crippen LogP contribution in [0.3, 0.4) is 0 Å². The summed E-state index contributed by atoms with van der Waals surface area (Å²) in [6.45, 7) is 0.262. The van der Waals surface area contributed by atoms with Gasteiger partial charge in [-0.15, -0.1) is 0 Å². The molecule has 6 nitrogen and oxygen atoms in total. The van der Waals surface area contributed by atoms with Crippen molar-refractivity contribution in [3.63, 3.8) is 0 Å². The number of nitrogens with zero attached hydrogens (tertiary/aromatic N) is 1. The van der Waals surface area contributed by atoms with Gasteiger partial charge in [-0.3, -0.25) is 4.79 Å². The molecule has 1 fully saturated rings. The van der Waals surface area contributed by atoms with E-state index in [1.807, 2.05) is 0 Å². The number of likely N-dealkylation sites (N-methyl/N-ethyl adjacent to an activating group) is 1. The molecule has 0 spiro atoms. The Labute approximate surface area is 123 Å². The van der Waals surface area contributed by atoms with E-state index in [2.05, 4.69) is 5.32 Å². The van der Waals surface area contributed by atoms with Gasteiger partial charge in [-0.1, -0.05) is 6.42 Å². The van der Waals surface area contributed by atoms with E-state index in [9.17, 15) is 17.6 Å². The van der Waals surface area contributed by atoms with Gasteiger partial charge in [-0.2, -0.15) is 4.31 Å². The first-order valence-electron chi connectivity index (χ1n) is 6.66. The molecule has 8 heteroatoms. The lowest BCUT2D eigenvalue weighted by Gasteiger charge is -2.33. The van der Waals surface area contributed by atoms with Gasteiger partial charge < -0.3 is 11.1 Å². The molecule has 116 valence electrons. The van der Waals surface area contributed by atoms with Gasteiger partial charge in [-0.25, -0.2) is 12.8 Å². The van der Waals surface area contributed by atoms with E-state index >= 15 is 0 Å². The van der Waals surface area contributed by atoms with Crippen molar-refractivity contribution in [1.29, 1.82) is 0 Å². The summed E-state index contributed by atoms with van der Waals surface area (Å²) < 4.78 is 39.7. The summed E-state index contributed by atoms with van der Waals surface area (Å²) in [6.07, 6.45) is 1.94. The number of carbonyl (C=O) groups is 1. The molecule has 0 aliphatic carbocycles. The first-order chi connectivity index (χ1) is 9.87. The molecular formula is C13H18FN3O3S. The minimum atomic E-state index is -3.88. The highest BCUT2D eigenvalue weighted by molar-refractivity contribution is 7.89. The third-order valence-corrected chi connectivity index (χ3v) is 5.48. The Morgan fingerprint density at radius 3 is 2.76 bits per heavy atom. The molecular weight excluding hydrogens is 297 g/mol. The second-order valence-corrected chi connectivity index (χ2v) is 6.82. The molecule has 0 bridgehead atoms. The number of amides is 1. The molecule has 1 heterocycles. The number of hydrogen-bond donors (Lipinski definition) is 2. The largest absolute Gasteiger partial charge is 0.396 e. The average Bonchev–Trinajstić information content (AvgIpc) is 2.49. The van der Waals surface area contributed by atoms with E-state index in [0.29, 0.717) is 12.8 Å². The molecule has 0 saturated carbocycles. The molecule has 21 heavy (non-hydrogen) atoms. The first kappa shape index (κ1) is 15.7. The van der Waals surface area contributed by atoms with Gasteiger partial charge in [0.1, 0.15) is 11.9 Å². The van der Waals surface area contributed by atoms with Gasteiger partial charge in [0.25, 0.3) is 0 Å². The smallest absolute Gasteiger partial charge is 0.243 e. The zero-order valence-corrected chi connectivity index (χ0v) is 12.5. The number of sulfonamides is 1. The lowest BCUT2D eigenvalue weighted by molar-refractivity contribution is -0.125. The number of halogens is 1.